The number of aryl methyl sites for hydroxylation is 1. The van der Waals surface area contributed by atoms with Crippen LogP contribution in [0.15, 0.2) is 22.7 Å². The van der Waals surface area contributed by atoms with Gasteiger partial charge in [-0.25, -0.2) is 13.7 Å². The van der Waals surface area contributed by atoms with Gasteiger partial charge in [-0.15, -0.1) is 0 Å². The predicted molar refractivity (Wildman–Crippen MR) is 118 cm³/mol. The monoisotopic (exact) mass is 507 g/mol. The topological polar surface area (TPSA) is 99.8 Å². The van der Waals surface area contributed by atoms with E-state index in [2.05, 4.69) is 14.2 Å². The molecule has 1 aromatic carbocycles. The first-order valence-corrected chi connectivity index (χ1v) is 12.9. The zero-order valence-corrected chi connectivity index (χ0v) is 19.6. The van der Waals surface area contributed by atoms with Gasteiger partial charge >= 0.3 is 11.9 Å². The van der Waals surface area contributed by atoms with Crippen molar-refractivity contribution < 1.29 is 32.1 Å². The van der Waals surface area contributed by atoms with E-state index < -0.39 is 27.4 Å². The van der Waals surface area contributed by atoms with Crippen molar-refractivity contribution in [1.29, 1.82) is 0 Å². The van der Waals surface area contributed by atoms with Crippen LogP contribution in [0.3, 0.4) is 0 Å². The smallest absolute Gasteiger partial charge is 0.387 e. The number of hydrogen-bond donors (Lipinski definition) is 0. The van der Waals surface area contributed by atoms with Crippen LogP contribution in [-0.2, 0) is 16.8 Å². The maximum absolute atomic E-state index is 13.2. The SMILES string of the molecule is CSC(=O)Oc1c(C(=O)c2ccc(OC(F)F)c(N=S3(=O)CCCCC3)c2Cl)cnn1C. The third-order valence-electron chi connectivity index (χ3n) is 4.70. The first-order chi connectivity index (χ1) is 15.1. The molecule has 0 saturated carbocycles. The molecular formula is C19H20ClF2N3O5S2. The highest BCUT2D eigenvalue weighted by molar-refractivity contribution is 8.12. The van der Waals surface area contributed by atoms with Crippen molar-refractivity contribution in [1.82, 2.24) is 9.78 Å². The lowest BCUT2D eigenvalue weighted by molar-refractivity contribution is -0.0494. The largest absolute Gasteiger partial charge is 0.432 e. The summed E-state index contributed by atoms with van der Waals surface area (Å²) in [6, 6.07) is 2.32. The number of carbonyl (C=O) groups is 2. The van der Waals surface area contributed by atoms with E-state index in [0.717, 1.165) is 24.2 Å². The Bertz CT molecular complexity index is 1150. The summed E-state index contributed by atoms with van der Waals surface area (Å²) in [6.07, 6.45) is 4.98. The molecule has 0 spiro atoms. The summed E-state index contributed by atoms with van der Waals surface area (Å²) in [5.41, 5.74) is -0.441. The lowest BCUT2D eigenvalue weighted by Crippen LogP contribution is -2.16. The molecule has 3 rings (SSSR count). The minimum atomic E-state index is -3.17. The van der Waals surface area contributed by atoms with Crippen molar-refractivity contribution in [3.63, 3.8) is 0 Å². The van der Waals surface area contributed by atoms with Gasteiger partial charge in [0.15, 0.2) is 5.75 Å². The van der Waals surface area contributed by atoms with Gasteiger partial charge in [-0.1, -0.05) is 18.0 Å². The van der Waals surface area contributed by atoms with E-state index >= 15 is 0 Å². The van der Waals surface area contributed by atoms with Gasteiger partial charge in [-0.05, 0) is 43.0 Å². The average molecular weight is 508 g/mol. The summed E-state index contributed by atoms with van der Waals surface area (Å²) in [4.78, 5) is 24.9. The van der Waals surface area contributed by atoms with Crippen molar-refractivity contribution >= 4 is 49.9 Å². The molecule has 0 bridgehead atoms. The zero-order chi connectivity index (χ0) is 23.5. The first kappa shape index (κ1) is 24.5. The Kier molecular flexibility index (Phi) is 7.78. The number of alkyl halides is 2. The molecule has 1 fully saturated rings. The molecule has 1 aromatic heterocycles. The molecule has 13 heteroatoms. The molecule has 2 aromatic rings. The van der Waals surface area contributed by atoms with Crippen LogP contribution in [-0.4, -0.2) is 49.4 Å². The summed E-state index contributed by atoms with van der Waals surface area (Å²) in [5.74, 6) is -0.559. The summed E-state index contributed by atoms with van der Waals surface area (Å²) < 4.78 is 54.0. The molecule has 0 amide bonds. The molecule has 0 atom stereocenters. The van der Waals surface area contributed by atoms with E-state index in [0.29, 0.717) is 24.3 Å². The summed E-state index contributed by atoms with van der Waals surface area (Å²) in [5, 5.41) is 3.00. The lowest BCUT2D eigenvalue weighted by atomic mass is 10.0. The number of rotatable bonds is 6. The predicted octanol–water partition coefficient (Wildman–Crippen LogP) is 5.05. The number of ketones is 1. The van der Waals surface area contributed by atoms with Gasteiger partial charge < -0.3 is 9.47 Å². The van der Waals surface area contributed by atoms with Crippen LogP contribution in [0.2, 0.25) is 5.02 Å². The second-order valence-electron chi connectivity index (χ2n) is 6.86. The molecule has 0 N–H and O–H groups in total. The Morgan fingerprint density at radius 1 is 1.25 bits per heavy atom. The van der Waals surface area contributed by atoms with Gasteiger partial charge in [-0.2, -0.15) is 18.2 Å². The van der Waals surface area contributed by atoms with Gasteiger partial charge in [0.05, 0.1) is 20.9 Å². The highest BCUT2D eigenvalue weighted by atomic mass is 35.5. The molecule has 174 valence electrons. The minimum Gasteiger partial charge on any atom is -0.432 e. The summed E-state index contributed by atoms with van der Waals surface area (Å²) >= 11 is 7.22. The second-order valence-corrected chi connectivity index (χ2v) is 10.5. The number of benzene rings is 1. The Morgan fingerprint density at radius 2 is 1.94 bits per heavy atom. The van der Waals surface area contributed by atoms with Crippen LogP contribution in [0.4, 0.5) is 19.3 Å². The van der Waals surface area contributed by atoms with Crippen molar-refractivity contribution in [3.05, 3.63) is 34.5 Å². The molecular weight excluding hydrogens is 488 g/mol. The number of aromatic nitrogens is 2. The number of halogens is 3. The van der Waals surface area contributed by atoms with Gasteiger partial charge in [0.1, 0.15) is 11.3 Å². The van der Waals surface area contributed by atoms with Gasteiger partial charge in [-0.3, -0.25) is 4.79 Å². The van der Waals surface area contributed by atoms with E-state index in [9.17, 15) is 22.6 Å². The fourth-order valence-electron chi connectivity index (χ4n) is 3.16. The molecule has 32 heavy (non-hydrogen) atoms. The maximum Gasteiger partial charge on any atom is 0.387 e. The highest BCUT2D eigenvalue weighted by Gasteiger charge is 2.27. The minimum absolute atomic E-state index is 0.0628. The fraction of sp³-hybridized carbons (Fsp3) is 0.421. The van der Waals surface area contributed by atoms with Crippen LogP contribution in [0.1, 0.15) is 35.2 Å². The Hall–Kier alpha value is -2.18. The van der Waals surface area contributed by atoms with E-state index in [1.54, 1.807) is 0 Å². The van der Waals surface area contributed by atoms with Gasteiger partial charge in [0.2, 0.25) is 11.7 Å². The molecule has 2 heterocycles. The van der Waals surface area contributed by atoms with Crippen molar-refractivity contribution in [3.8, 4) is 11.6 Å². The molecule has 8 nitrogen and oxygen atoms in total. The standard InChI is InChI=1S/C19H20ClF2N3O5S2/c1-25-17(30-19(27)31-2)12(10-23-25)16(26)11-6-7-13(29-18(21)22)15(14(11)20)24-32(28)8-4-3-5-9-32/h6-7,10,18H,3-5,8-9H2,1-2H3. The Morgan fingerprint density at radius 3 is 2.56 bits per heavy atom. The summed E-state index contributed by atoms with van der Waals surface area (Å²) in [6.45, 7) is -3.17. The molecule has 1 aliphatic heterocycles. The molecule has 1 aliphatic rings. The van der Waals surface area contributed by atoms with Crippen molar-refractivity contribution in [2.24, 2.45) is 11.4 Å². The second kappa shape index (κ2) is 10.2. The molecule has 1 saturated heterocycles. The van der Waals surface area contributed by atoms with E-state index in [4.69, 9.17) is 16.3 Å². The first-order valence-electron chi connectivity index (χ1n) is 9.47. The van der Waals surface area contributed by atoms with Crippen LogP contribution >= 0.6 is 23.4 Å². The number of ether oxygens (including phenoxy) is 2. The third-order valence-corrected chi connectivity index (χ3v) is 7.87. The third kappa shape index (κ3) is 5.41. The van der Waals surface area contributed by atoms with Crippen molar-refractivity contribution in [2.75, 3.05) is 17.8 Å². The van der Waals surface area contributed by atoms with Crippen LogP contribution in [0.25, 0.3) is 0 Å². The fourth-order valence-corrected chi connectivity index (χ4v) is 5.87. The van der Waals surface area contributed by atoms with E-state index in [-0.39, 0.29) is 33.5 Å². The van der Waals surface area contributed by atoms with Crippen LogP contribution in [0.5, 0.6) is 11.6 Å². The number of nitrogens with zero attached hydrogens (tertiary/aromatic N) is 3. The van der Waals surface area contributed by atoms with Gasteiger partial charge in [0.25, 0.3) is 0 Å². The number of carbonyl (C=O) groups excluding carboxylic acids is 2. The van der Waals surface area contributed by atoms with Crippen LogP contribution in [0, 0.1) is 0 Å². The van der Waals surface area contributed by atoms with Gasteiger partial charge in [0, 0.05) is 24.1 Å². The molecule has 0 aliphatic carbocycles. The maximum atomic E-state index is 13.2. The molecule has 0 unspecified atom stereocenters. The highest BCUT2D eigenvalue weighted by Crippen LogP contribution is 2.41. The Balaban J connectivity index is 2.11. The number of hydrogen-bond acceptors (Lipinski definition) is 8. The number of thioether (sulfide) groups is 1. The average Bonchev–Trinajstić information content (AvgIpc) is 3.10. The molecule has 0 radical (unpaired) electrons. The van der Waals surface area contributed by atoms with Crippen LogP contribution < -0.4 is 9.47 Å². The zero-order valence-electron chi connectivity index (χ0n) is 17.2. The quantitative estimate of drug-likeness (QED) is 0.398. The lowest BCUT2D eigenvalue weighted by Gasteiger charge is -2.17. The van der Waals surface area contributed by atoms with E-state index in [1.165, 1.54) is 30.2 Å². The normalized spacial score (nSPS) is 15.4. The summed E-state index contributed by atoms with van der Waals surface area (Å²) in [7, 11) is -1.26. The van der Waals surface area contributed by atoms with Crippen molar-refractivity contribution in [2.45, 2.75) is 25.9 Å². The Labute approximate surface area is 192 Å². The van der Waals surface area contributed by atoms with E-state index in [1.807, 2.05) is 0 Å².